The molecule has 2 aromatic heterocycles. The summed E-state index contributed by atoms with van der Waals surface area (Å²) < 4.78 is 13.1. The normalized spacial score (nSPS) is 15.7. The molecule has 1 unspecified atom stereocenters. The molecule has 3 aromatic rings. The van der Waals surface area contributed by atoms with Crippen LogP contribution < -0.4 is 16.0 Å². The molecule has 0 spiro atoms. The smallest absolute Gasteiger partial charge is 0.247 e. The SMILES string of the molecule is CC(C)CC1Nc2ncnc(Nc3nnc(-c4ccc(F)cc4)s3)c2NC1=O. The summed E-state index contributed by atoms with van der Waals surface area (Å²) in [6.45, 7) is 4.12. The number of nitrogens with one attached hydrogen (secondary N) is 3. The first-order chi connectivity index (χ1) is 13.5. The quantitative estimate of drug-likeness (QED) is 0.601. The number of hydrogen-bond donors (Lipinski definition) is 3. The minimum atomic E-state index is -0.332. The summed E-state index contributed by atoms with van der Waals surface area (Å²) in [6, 6.07) is 5.71. The lowest BCUT2D eigenvalue weighted by atomic mass is 10.0. The van der Waals surface area contributed by atoms with E-state index in [9.17, 15) is 9.18 Å². The maximum atomic E-state index is 13.1. The monoisotopic (exact) mass is 399 g/mol. The third-order valence-electron chi connectivity index (χ3n) is 4.17. The number of rotatable bonds is 5. The Hall–Kier alpha value is -3.14. The van der Waals surface area contributed by atoms with Crippen molar-refractivity contribution in [2.24, 2.45) is 5.92 Å². The minimum absolute atomic E-state index is 0.122. The Labute approximate surface area is 164 Å². The van der Waals surface area contributed by atoms with Crippen molar-refractivity contribution >= 4 is 39.7 Å². The molecule has 1 aliphatic heterocycles. The highest BCUT2D eigenvalue weighted by Gasteiger charge is 2.29. The zero-order valence-electron chi connectivity index (χ0n) is 15.2. The van der Waals surface area contributed by atoms with E-state index in [1.165, 1.54) is 29.8 Å². The summed E-state index contributed by atoms with van der Waals surface area (Å²) in [5.41, 5.74) is 1.24. The second-order valence-corrected chi connectivity index (χ2v) is 7.78. The van der Waals surface area contributed by atoms with Crippen LogP contribution in [0.15, 0.2) is 30.6 Å². The Morgan fingerprint density at radius 2 is 2.00 bits per heavy atom. The van der Waals surface area contributed by atoms with Gasteiger partial charge in [-0.05, 0) is 36.6 Å². The van der Waals surface area contributed by atoms with Crippen molar-refractivity contribution < 1.29 is 9.18 Å². The van der Waals surface area contributed by atoms with E-state index in [-0.39, 0.29) is 17.8 Å². The molecule has 3 N–H and O–H groups in total. The van der Waals surface area contributed by atoms with Gasteiger partial charge in [-0.2, -0.15) is 0 Å². The van der Waals surface area contributed by atoms with E-state index in [1.807, 2.05) is 0 Å². The molecule has 1 amide bonds. The van der Waals surface area contributed by atoms with Crippen molar-refractivity contribution in [3.63, 3.8) is 0 Å². The molecule has 0 saturated heterocycles. The van der Waals surface area contributed by atoms with Gasteiger partial charge in [-0.15, -0.1) is 10.2 Å². The highest BCUT2D eigenvalue weighted by Crippen LogP contribution is 2.35. The van der Waals surface area contributed by atoms with Gasteiger partial charge >= 0.3 is 0 Å². The van der Waals surface area contributed by atoms with Gasteiger partial charge in [-0.3, -0.25) is 4.79 Å². The largest absolute Gasteiger partial charge is 0.356 e. The highest BCUT2D eigenvalue weighted by molar-refractivity contribution is 7.18. The molecule has 0 radical (unpaired) electrons. The van der Waals surface area contributed by atoms with Crippen LogP contribution in [0.1, 0.15) is 20.3 Å². The lowest BCUT2D eigenvalue weighted by Crippen LogP contribution is -2.40. The molecule has 4 rings (SSSR count). The Morgan fingerprint density at radius 1 is 1.21 bits per heavy atom. The van der Waals surface area contributed by atoms with Gasteiger partial charge in [0.25, 0.3) is 0 Å². The number of hydrogen-bond acceptors (Lipinski definition) is 8. The van der Waals surface area contributed by atoms with Crippen LogP contribution in [0.2, 0.25) is 0 Å². The molecule has 0 saturated carbocycles. The number of carbonyl (C=O) groups excluding carboxylic acids is 1. The van der Waals surface area contributed by atoms with E-state index in [2.05, 4.69) is 50.0 Å². The molecule has 144 valence electrons. The summed E-state index contributed by atoms with van der Waals surface area (Å²) >= 11 is 1.30. The maximum Gasteiger partial charge on any atom is 0.247 e. The number of carbonyl (C=O) groups is 1. The van der Waals surface area contributed by atoms with E-state index in [4.69, 9.17) is 0 Å². The summed E-state index contributed by atoms with van der Waals surface area (Å²) in [6.07, 6.45) is 2.12. The number of nitrogens with zero attached hydrogens (tertiary/aromatic N) is 4. The fraction of sp³-hybridized carbons (Fsp3) is 0.278. The third kappa shape index (κ3) is 3.77. The number of amides is 1. The first-order valence-corrected chi connectivity index (χ1v) is 9.60. The van der Waals surface area contributed by atoms with Crippen LogP contribution in [0.4, 0.5) is 26.8 Å². The van der Waals surface area contributed by atoms with Crippen molar-refractivity contribution in [1.29, 1.82) is 0 Å². The number of benzene rings is 1. The van der Waals surface area contributed by atoms with Crippen molar-refractivity contribution in [2.45, 2.75) is 26.3 Å². The van der Waals surface area contributed by atoms with E-state index in [1.54, 1.807) is 12.1 Å². The summed E-state index contributed by atoms with van der Waals surface area (Å²) in [5, 5.41) is 18.5. The van der Waals surface area contributed by atoms with Gasteiger partial charge in [0.15, 0.2) is 11.6 Å². The van der Waals surface area contributed by atoms with Crippen molar-refractivity contribution in [3.8, 4) is 10.6 Å². The molecule has 3 heterocycles. The molecule has 28 heavy (non-hydrogen) atoms. The average molecular weight is 399 g/mol. The molecule has 0 bridgehead atoms. The molecule has 1 aliphatic rings. The van der Waals surface area contributed by atoms with E-state index >= 15 is 0 Å². The van der Waals surface area contributed by atoms with Gasteiger partial charge in [0, 0.05) is 5.56 Å². The van der Waals surface area contributed by atoms with Crippen LogP contribution in [-0.4, -0.2) is 32.1 Å². The van der Waals surface area contributed by atoms with Crippen LogP contribution in [0.5, 0.6) is 0 Å². The maximum absolute atomic E-state index is 13.1. The van der Waals surface area contributed by atoms with Crippen LogP contribution in [-0.2, 0) is 4.79 Å². The van der Waals surface area contributed by atoms with Crippen molar-refractivity contribution in [1.82, 2.24) is 20.2 Å². The summed E-state index contributed by atoms with van der Waals surface area (Å²) in [5.74, 6) is 0.929. The Bertz CT molecular complexity index is 1010. The molecule has 0 fully saturated rings. The number of halogens is 1. The van der Waals surface area contributed by atoms with E-state index in [0.717, 1.165) is 5.56 Å². The summed E-state index contributed by atoms with van der Waals surface area (Å²) in [4.78, 5) is 20.8. The molecule has 1 aromatic carbocycles. The molecular weight excluding hydrogens is 381 g/mol. The van der Waals surface area contributed by atoms with Crippen LogP contribution >= 0.6 is 11.3 Å². The van der Waals surface area contributed by atoms with Gasteiger partial charge in [0.1, 0.15) is 28.9 Å². The second-order valence-electron chi connectivity index (χ2n) is 6.81. The summed E-state index contributed by atoms with van der Waals surface area (Å²) in [7, 11) is 0. The van der Waals surface area contributed by atoms with Gasteiger partial charge in [-0.1, -0.05) is 25.2 Å². The van der Waals surface area contributed by atoms with Gasteiger partial charge < -0.3 is 16.0 Å². The zero-order chi connectivity index (χ0) is 19.7. The van der Waals surface area contributed by atoms with Gasteiger partial charge in [0.2, 0.25) is 11.0 Å². The highest BCUT2D eigenvalue weighted by atomic mass is 32.1. The number of anilines is 4. The Kier molecular flexibility index (Phi) is 4.86. The van der Waals surface area contributed by atoms with Crippen molar-refractivity contribution in [2.75, 3.05) is 16.0 Å². The van der Waals surface area contributed by atoms with Gasteiger partial charge in [0.05, 0.1) is 0 Å². The van der Waals surface area contributed by atoms with E-state index < -0.39 is 0 Å². The first-order valence-electron chi connectivity index (χ1n) is 8.78. The second kappa shape index (κ2) is 7.47. The number of fused-ring (bicyclic) bond motifs is 1. The standard InChI is InChI=1S/C18H18FN7OS/c1-9(2)7-12-16(27)23-13-14(22-12)20-8-21-15(13)24-18-26-25-17(28-18)10-3-5-11(19)6-4-10/h3-6,8-9,12H,7H2,1-2H3,(H,23,27)(H2,20,21,22,24,26). The number of aromatic nitrogens is 4. The predicted octanol–water partition coefficient (Wildman–Crippen LogP) is 3.66. The zero-order valence-corrected chi connectivity index (χ0v) is 16.0. The Morgan fingerprint density at radius 3 is 2.75 bits per heavy atom. The molecule has 8 nitrogen and oxygen atoms in total. The first kappa shape index (κ1) is 18.2. The fourth-order valence-electron chi connectivity index (χ4n) is 2.87. The van der Waals surface area contributed by atoms with Gasteiger partial charge in [-0.25, -0.2) is 14.4 Å². The molecule has 1 atom stereocenters. The minimum Gasteiger partial charge on any atom is -0.356 e. The van der Waals surface area contributed by atoms with Crippen LogP contribution in [0.3, 0.4) is 0 Å². The average Bonchev–Trinajstić information content (AvgIpc) is 3.12. The Balaban J connectivity index is 1.56. The molecule has 0 aliphatic carbocycles. The van der Waals surface area contributed by atoms with Crippen LogP contribution in [0, 0.1) is 11.7 Å². The van der Waals surface area contributed by atoms with Crippen LogP contribution in [0.25, 0.3) is 10.6 Å². The fourth-order valence-corrected chi connectivity index (χ4v) is 3.62. The lowest BCUT2D eigenvalue weighted by molar-refractivity contribution is -0.117. The van der Waals surface area contributed by atoms with E-state index in [0.29, 0.717) is 39.8 Å². The molecule has 10 heteroatoms. The predicted molar refractivity (Wildman–Crippen MR) is 106 cm³/mol. The van der Waals surface area contributed by atoms with Crippen molar-refractivity contribution in [3.05, 3.63) is 36.4 Å². The third-order valence-corrected chi connectivity index (χ3v) is 5.06. The molecular formula is C18H18FN7OS. The lowest BCUT2D eigenvalue weighted by Gasteiger charge is -2.27. The topological polar surface area (TPSA) is 105 Å².